The third-order valence-electron chi connectivity index (χ3n) is 6.74. The summed E-state index contributed by atoms with van der Waals surface area (Å²) in [5.41, 5.74) is 1.28. The topological polar surface area (TPSA) is 103 Å². The molecule has 2 aliphatic heterocycles. The monoisotopic (exact) mass is 521 g/mol. The van der Waals surface area contributed by atoms with Gasteiger partial charge in [0.2, 0.25) is 0 Å². The van der Waals surface area contributed by atoms with E-state index in [0.29, 0.717) is 12.2 Å². The molecule has 1 spiro atoms. The summed E-state index contributed by atoms with van der Waals surface area (Å²) in [7, 11) is 0. The molecule has 188 valence electrons. The van der Waals surface area contributed by atoms with Gasteiger partial charge in [-0.3, -0.25) is 0 Å². The molecule has 2 amide bonds. The molecule has 2 aromatic carbocycles. The van der Waals surface area contributed by atoms with Crippen molar-refractivity contribution in [1.82, 2.24) is 10.2 Å². The minimum Gasteiger partial charge on any atom is -0.506 e. The number of hydrogen-bond acceptors (Lipinski definition) is 6. The van der Waals surface area contributed by atoms with Gasteiger partial charge < -0.3 is 35.2 Å². The van der Waals surface area contributed by atoms with Crippen LogP contribution in [0.2, 0.25) is 10.0 Å². The van der Waals surface area contributed by atoms with Gasteiger partial charge in [-0.25, -0.2) is 4.79 Å². The van der Waals surface area contributed by atoms with E-state index in [1.165, 1.54) is 12.1 Å². The molecule has 1 atom stereocenters. The number of β-amino-alcohol motifs (C(OH)–C–C–N with tert-alkyl or cyclic N) is 1. The third-order valence-corrected chi connectivity index (χ3v) is 7.28. The maximum Gasteiger partial charge on any atom is 0.319 e. The van der Waals surface area contributed by atoms with Gasteiger partial charge in [-0.05, 0) is 42.7 Å². The summed E-state index contributed by atoms with van der Waals surface area (Å²) in [6.45, 7) is 2.05. The molecule has 0 unspecified atom stereocenters. The van der Waals surface area contributed by atoms with E-state index in [0.717, 1.165) is 61.5 Å². The number of amides is 2. The van der Waals surface area contributed by atoms with Crippen molar-refractivity contribution in [3.63, 3.8) is 0 Å². The van der Waals surface area contributed by atoms with E-state index < -0.39 is 6.10 Å². The number of rotatable bonds is 7. The van der Waals surface area contributed by atoms with Crippen LogP contribution in [-0.4, -0.2) is 65.1 Å². The molecule has 35 heavy (non-hydrogen) atoms. The van der Waals surface area contributed by atoms with Gasteiger partial charge in [-0.1, -0.05) is 23.2 Å². The lowest BCUT2D eigenvalue weighted by atomic mass is 9.87. The highest BCUT2D eigenvalue weighted by Crippen LogP contribution is 2.42. The fourth-order valence-corrected chi connectivity index (χ4v) is 5.05. The van der Waals surface area contributed by atoms with E-state index in [1.54, 1.807) is 0 Å². The Bertz CT molecular complexity index is 1100. The van der Waals surface area contributed by atoms with Crippen LogP contribution in [-0.2, 0) is 6.42 Å². The van der Waals surface area contributed by atoms with Crippen LogP contribution in [0.4, 0.5) is 10.5 Å². The van der Waals surface area contributed by atoms with Crippen LogP contribution in [0.5, 0.6) is 17.2 Å². The van der Waals surface area contributed by atoms with Gasteiger partial charge in [0, 0.05) is 56.0 Å². The van der Waals surface area contributed by atoms with Gasteiger partial charge >= 0.3 is 6.03 Å². The van der Waals surface area contributed by atoms with Crippen molar-refractivity contribution in [1.29, 1.82) is 0 Å². The normalized spacial score (nSPS) is 19.6. The number of phenolic OH excluding ortho intramolecular Hbond substituents is 1. The Hall–Kier alpha value is -2.39. The summed E-state index contributed by atoms with van der Waals surface area (Å²) in [5, 5.41) is 27.0. The Labute approximate surface area is 214 Å². The Morgan fingerprint density at radius 1 is 1.23 bits per heavy atom. The van der Waals surface area contributed by atoms with E-state index in [1.807, 2.05) is 18.2 Å². The van der Waals surface area contributed by atoms with E-state index in [2.05, 4.69) is 15.5 Å². The van der Waals surface area contributed by atoms with Gasteiger partial charge in [0.05, 0.1) is 10.7 Å². The van der Waals surface area contributed by atoms with E-state index in [9.17, 15) is 15.0 Å². The fraction of sp³-hybridized carbons (Fsp3) is 0.480. The zero-order valence-corrected chi connectivity index (χ0v) is 20.7. The molecule has 1 aliphatic carbocycles. The van der Waals surface area contributed by atoms with Crippen molar-refractivity contribution in [2.45, 2.75) is 49.9 Å². The number of carbonyl (C=O) groups is 1. The number of fused-ring (bicyclic) bond motifs is 1. The SMILES string of the molecule is O=C(Nc1cc(Cl)c(O)cc1OC[C@@H](O)CN1CCC2(CC1)Cc1cc(Cl)ccc1O2)NC1CC1. The first-order valence-electron chi connectivity index (χ1n) is 11.9. The second-order valence-electron chi connectivity index (χ2n) is 9.65. The van der Waals surface area contributed by atoms with E-state index >= 15 is 0 Å². The molecule has 5 rings (SSSR count). The van der Waals surface area contributed by atoms with Crippen molar-refractivity contribution < 1.29 is 24.5 Å². The van der Waals surface area contributed by atoms with Crippen LogP contribution in [0.3, 0.4) is 0 Å². The summed E-state index contributed by atoms with van der Waals surface area (Å²) >= 11 is 12.1. The van der Waals surface area contributed by atoms with Crippen molar-refractivity contribution in [3.05, 3.63) is 45.9 Å². The summed E-state index contributed by atoms with van der Waals surface area (Å²) in [6, 6.07) is 8.38. The van der Waals surface area contributed by atoms with Crippen LogP contribution < -0.4 is 20.1 Å². The van der Waals surface area contributed by atoms with Gasteiger partial charge in [0.25, 0.3) is 0 Å². The van der Waals surface area contributed by atoms with Crippen molar-refractivity contribution >= 4 is 34.9 Å². The van der Waals surface area contributed by atoms with Gasteiger partial charge in [0.15, 0.2) is 0 Å². The minimum absolute atomic E-state index is 0.00206. The molecule has 3 aliphatic rings. The molecule has 8 nitrogen and oxygen atoms in total. The molecular formula is C25H29Cl2N3O5. The van der Waals surface area contributed by atoms with E-state index in [4.69, 9.17) is 32.7 Å². The molecular weight excluding hydrogens is 493 g/mol. The number of hydrogen-bond donors (Lipinski definition) is 4. The average Bonchev–Trinajstić information content (AvgIpc) is 3.55. The van der Waals surface area contributed by atoms with Crippen molar-refractivity contribution in [2.75, 3.05) is 31.6 Å². The predicted octanol–water partition coefficient (Wildman–Crippen LogP) is 4.19. The lowest BCUT2D eigenvalue weighted by molar-refractivity contribution is -0.00192. The largest absolute Gasteiger partial charge is 0.506 e. The molecule has 2 fully saturated rings. The average molecular weight is 522 g/mol. The molecule has 2 aromatic rings. The number of aromatic hydroxyl groups is 1. The number of nitrogens with one attached hydrogen (secondary N) is 2. The zero-order chi connectivity index (χ0) is 24.6. The second kappa shape index (κ2) is 9.93. The number of aliphatic hydroxyl groups is 1. The maximum atomic E-state index is 12.2. The number of aliphatic hydroxyl groups excluding tert-OH is 1. The van der Waals surface area contributed by atoms with Crippen LogP contribution in [0.1, 0.15) is 31.2 Å². The molecule has 0 aromatic heterocycles. The Morgan fingerprint density at radius 3 is 2.74 bits per heavy atom. The van der Waals surface area contributed by atoms with Crippen LogP contribution in [0.15, 0.2) is 30.3 Å². The Morgan fingerprint density at radius 2 is 2.00 bits per heavy atom. The van der Waals surface area contributed by atoms with Gasteiger partial charge in [-0.2, -0.15) is 0 Å². The summed E-state index contributed by atoms with van der Waals surface area (Å²) < 4.78 is 12.1. The first-order valence-corrected chi connectivity index (χ1v) is 12.6. The molecule has 2 heterocycles. The number of piperidine rings is 1. The molecule has 1 saturated heterocycles. The lowest BCUT2D eigenvalue weighted by Gasteiger charge is -2.39. The zero-order valence-electron chi connectivity index (χ0n) is 19.2. The summed E-state index contributed by atoms with van der Waals surface area (Å²) in [6.07, 6.45) is 3.75. The fourth-order valence-electron chi connectivity index (χ4n) is 4.69. The second-order valence-corrected chi connectivity index (χ2v) is 10.5. The number of ether oxygens (including phenoxy) is 2. The molecule has 0 bridgehead atoms. The minimum atomic E-state index is -0.754. The van der Waals surface area contributed by atoms with Crippen molar-refractivity contribution in [2.24, 2.45) is 0 Å². The number of urea groups is 1. The standard InChI is InChI=1S/C25H29Cl2N3O5/c26-16-1-4-22-15(9-16)12-25(35-22)5-7-30(8-6-25)13-18(31)14-34-23-11-21(32)19(27)10-20(23)29-24(33)28-17-2-3-17/h1,4,9-11,17-18,31-32H,2-3,5-8,12-14H2,(H2,28,29,33)/t18-/m0/s1. The summed E-state index contributed by atoms with van der Waals surface area (Å²) in [5.74, 6) is 0.993. The molecule has 0 radical (unpaired) electrons. The third kappa shape index (κ3) is 5.89. The number of anilines is 1. The highest BCUT2D eigenvalue weighted by atomic mass is 35.5. The highest BCUT2D eigenvalue weighted by Gasteiger charge is 2.42. The van der Waals surface area contributed by atoms with Crippen LogP contribution in [0.25, 0.3) is 0 Å². The van der Waals surface area contributed by atoms with E-state index in [-0.39, 0.29) is 40.8 Å². The first-order chi connectivity index (χ1) is 16.8. The Balaban J connectivity index is 1.12. The molecule has 10 heteroatoms. The number of carbonyl (C=O) groups excluding carboxylic acids is 1. The molecule has 4 N–H and O–H groups in total. The smallest absolute Gasteiger partial charge is 0.319 e. The van der Waals surface area contributed by atoms with Crippen molar-refractivity contribution in [3.8, 4) is 17.2 Å². The lowest BCUT2D eigenvalue weighted by Crippen LogP contribution is -2.49. The quantitative estimate of drug-likeness (QED) is 0.407. The number of likely N-dealkylation sites (tertiary alicyclic amines) is 1. The number of benzene rings is 2. The Kier molecular flexibility index (Phi) is 6.90. The first kappa shape index (κ1) is 24.3. The number of phenols is 1. The van der Waals surface area contributed by atoms with Gasteiger partial charge in [-0.15, -0.1) is 0 Å². The highest BCUT2D eigenvalue weighted by molar-refractivity contribution is 6.32. The van der Waals surface area contributed by atoms with Gasteiger partial charge in [0.1, 0.15) is 35.6 Å². The maximum absolute atomic E-state index is 12.2. The number of halogens is 2. The predicted molar refractivity (Wildman–Crippen MR) is 134 cm³/mol. The van der Waals surface area contributed by atoms with Crippen LogP contribution >= 0.6 is 23.2 Å². The number of nitrogens with zero attached hydrogens (tertiary/aromatic N) is 1. The molecule has 1 saturated carbocycles. The summed E-state index contributed by atoms with van der Waals surface area (Å²) in [4.78, 5) is 14.3. The van der Waals surface area contributed by atoms with Crippen LogP contribution in [0, 0.1) is 0 Å².